The molecule has 0 fully saturated rings. The summed E-state index contributed by atoms with van der Waals surface area (Å²) in [5.41, 5.74) is 5.77. The number of carbonyl (C=O) groups excluding carboxylic acids is 3. The summed E-state index contributed by atoms with van der Waals surface area (Å²) < 4.78 is 44.9. The number of sulfonamides is 1. The summed E-state index contributed by atoms with van der Waals surface area (Å²) in [5.74, 6) is -2.69. The first-order chi connectivity index (χ1) is 15.6. The molecule has 0 aromatic heterocycles. The predicted molar refractivity (Wildman–Crippen MR) is 116 cm³/mol. The molecule has 33 heavy (non-hydrogen) atoms. The highest BCUT2D eigenvalue weighted by atomic mass is 32.2. The topological polar surface area (TPSA) is 148 Å². The smallest absolute Gasteiger partial charge is 0.331 e. The van der Waals surface area contributed by atoms with Crippen molar-refractivity contribution in [3.63, 3.8) is 0 Å². The number of nitrogens with two attached hydrogens (primary N) is 1. The molecule has 2 amide bonds. The molecule has 0 saturated carbocycles. The second kappa shape index (κ2) is 9.77. The van der Waals surface area contributed by atoms with E-state index in [0.717, 1.165) is 17.0 Å². The highest BCUT2D eigenvalue weighted by Crippen LogP contribution is 2.22. The third-order valence-corrected chi connectivity index (χ3v) is 6.08. The molecule has 2 aromatic rings. The van der Waals surface area contributed by atoms with Crippen LogP contribution in [0, 0.1) is 5.82 Å². The van der Waals surface area contributed by atoms with Crippen LogP contribution in [0.4, 0.5) is 10.1 Å². The number of halogens is 1. The molecule has 0 unspecified atom stereocenters. The Balaban J connectivity index is 1.68. The van der Waals surface area contributed by atoms with E-state index in [4.69, 9.17) is 10.5 Å². The molecular formula is C21H21FN4O6S. The van der Waals surface area contributed by atoms with Crippen LogP contribution >= 0.6 is 0 Å². The molecule has 3 N–H and O–H groups in total. The highest BCUT2D eigenvalue weighted by Gasteiger charge is 2.31. The molecule has 1 heterocycles. The van der Waals surface area contributed by atoms with E-state index in [-0.39, 0.29) is 23.7 Å². The molecule has 0 saturated heterocycles. The van der Waals surface area contributed by atoms with Crippen molar-refractivity contribution < 1.29 is 31.9 Å². The van der Waals surface area contributed by atoms with E-state index in [1.807, 2.05) is 0 Å². The lowest BCUT2D eigenvalue weighted by Gasteiger charge is -2.22. The molecule has 3 rings (SSSR count). The van der Waals surface area contributed by atoms with E-state index < -0.39 is 46.3 Å². The fraction of sp³-hybridized carbons (Fsp3) is 0.238. The Kier molecular flexibility index (Phi) is 7.07. The Morgan fingerprint density at radius 1 is 1.15 bits per heavy atom. The maximum Gasteiger partial charge on any atom is 0.331 e. The fourth-order valence-corrected chi connectivity index (χ4v) is 4.29. The molecular weight excluding hydrogens is 455 g/mol. The van der Waals surface area contributed by atoms with Crippen molar-refractivity contribution in [1.29, 1.82) is 0 Å². The second-order valence-electron chi connectivity index (χ2n) is 7.10. The van der Waals surface area contributed by atoms with Crippen LogP contribution in [0.2, 0.25) is 0 Å². The van der Waals surface area contributed by atoms with Crippen LogP contribution < -0.4 is 15.4 Å². The highest BCUT2D eigenvalue weighted by molar-refractivity contribution is 7.90. The number of primary amides is 1. The van der Waals surface area contributed by atoms with Crippen LogP contribution in [0.25, 0.3) is 0 Å². The van der Waals surface area contributed by atoms with E-state index >= 15 is 0 Å². The van der Waals surface area contributed by atoms with E-state index in [1.54, 1.807) is 18.2 Å². The zero-order valence-electron chi connectivity index (χ0n) is 17.5. The summed E-state index contributed by atoms with van der Waals surface area (Å²) in [6.07, 6.45) is -0.152. The monoisotopic (exact) mass is 476 g/mol. The predicted octanol–water partition coefficient (Wildman–Crippen LogP) is 0.705. The average molecular weight is 476 g/mol. The lowest BCUT2D eigenvalue weighted by Crippen LogP contribution is -2.38. The first-order valence-electron chi connectivity index (χ1n) is 9.79. The van der Waals surface area contributed by atoms with Gasteiger partial charge in [-0.3, -0.25) is 19.3 Å². The number of rotatable bonds is 8. The number of amides is 2. The number of nitrogens with one attached hydrogen (secondary N) is 1. The Morgan fingerprint density at radius 2 is 1.82 bits per heavy atom. The SMILES string of the molecule is C[C@H](N=C1NS(=O)(=O)c2ccccc21)C(=O)OCC(=O)N(CCC(N)=O)c1ccc(F)cc1. The quantitative estimate of drug-likeness (QED) is 0.536. The summed E-state index contributed by atoms with van der Waals surface area (Å²) in [7, 11) is -3.77. The summed E-state index contributed by atoms with van der Waals surface area (Å²) in [5, 5.41) is 0. The number of carbonyl (C=O) groups is 3. The van der Waals surface area contributed by atoms with E-state index in [0.29, 0.717) is 11.3 Å². The van der Waals surface area contributed by atoms with E-state index in [1.165, 1.54) is 25.1 Å². The van der Waals surface area contributed by atoms with Crippen molar-refractivity contribution in [2.45, 2.75) is 24.3 Å². The first-order valence-corrected chi connectivity index (χ1v) is 11.3. The molecule has 1 aliphatic rings. The van der Waals surface area contributed by atoms with Gasteiger partial charge in [0.1, 0.15) is 17.7 Å². The summed E-state index contributed by atoms with van der Waals surface area (Å²) in [6.45, 7) is 0.625. The minimum absolute atomic E-state index is 0.00391. The van der Waals surface area contributed by atoms with Gasteiger partial charge in [-0.2, -0.15) is 0 Å². The van der Waals surface area contributed by atoms with Gasteiger partial charge in [-0.15, -0.1) is 0 Å². The molecule has 1 aliphatic heterocycles. The lowest BCUT2D eigenvalue weighted by atomic mass is 10.2. The third-order valence-electron chi connectivity index (χ3n) is 4.69. The van der Waals surface area contributed by atoms with Gasteiger partial charge in [-0.1, -0.05) is 12.1 Å². The minimum atomic E-state index is -3.77. The van der Waals surface area contributed by atoms with Crippen molar-refractivity contribution in [2.75, 3.05) is 18.1 Å². The van der Waals surface area contributed by atoms with Crippen LogP contribution in [0.1, 0.15) is 18.9 Å². The molecule has 0 aliphatic carbocycles. The van der Waals surface area contributed by atoms with Crippen LogP contribution in [-0.4, -0.2) is 51.2 Å². The number of ether oxygens (including phenoxy) is 1. The van der Waals surface area contributed by atoms with Crippen LogP contribution in [0.3, 0.4) is 0 Å². The molecule has 1 atom stereocenters. The average Bonchev–Trinajstić information content (AvgIpc) is 3.03. The van der Waals surface area contributed by atoms with Gasteiger partial charge in [0.2, 0.25) is 5.91 Å². The maximum atomic E-state index is 13.2. The summed E-state index contributed by atoms with van der Waals surface area (Å²) in [4.78, 5) is 41.4. The maximum absolute atomic E-state index is 13.2. The van der Waals surface area contributed by atoms with Crippen molar-refractivity contribution in [2.24, 2.45) is 10.7 Å². The Hall–Kier alpha value is -3.80. The van der Waals surface area contributed by atoms with Crippen molar-refractivity contribution in [1.82, 2.24) is 4.72 Å². The number of nitrogens with zero attached hydrogens (tertiary/aromatic N) is 2. The van der Waals surface area contributed by atoms with Crippen molar-refractivity contribution in [3.8, 4) is 0 Å². The van der Waals surface area contributed by atoms with Crippen LogP contribution in [0.15, 0.2) is 58.4 Å². The van der Waals surface area contributed by atoms with Gasteiger partial charge in [-0.25, -0.2) is 17.6 Å². The number of anilines is 1. The number of hydrogen-bond donors (Lipinski definition) is 2. The number of hydrogen-bond acceptors (Lipinski definition) is 7. The van der Waals surface area contributed by atoms with Gasteiger partial charge in [0.25, 0.3) is 15.9 Å². The second-order valence-corrected chi connectivity index (χ2v) is 8.75. The van der Waals surface area contributed by atoms with Gasteiger partial charge >= 0.3 is 5.97 Å². The molecule has 0 radical (unpaired) electrons. The fourth-order valence-electron chi connectivity index (χ4n) is 3.05. The number of aliphatic imine (C=N–C) groups is 1. The van der Waals surface area contributed by atoms with E-state index in [2.05, 4.69) is 9.71 Å². The van der Waals surface area contributed by atoms with Gasteiger partial charge in [0, 0.05) is 24.2 Å². The molecule has 174 valence electrons. The van der Waals surface area contributed by atoms with Gasteiger partial charge < -0.3 is 15.4 Å². The Morgan fingerprint density at radius 3 is 2.48 bits per heavy atom. The largest absolute Gasteiger partial charge is 0.454 e. The standard InChI is InChI=1S/C21H21FN4O6S/c1-13(24-20-16-4-2-3-5-17(16)33(30,31)25-20)21(29)32-12-19(28)26(11-10-18(23)27)15-8-6-14(22)7-9-15/h2-9,13H,10-12H2,1H3,(H2,23,27)(H,24,25)/t13-/m0/s1. The Labute approximate surface area is 189 Å². The molecule has 0 bridgehead atoms. The third kappa shape index (κ3) is 5.71. The molecule has 2 aromatic carbocycles. The van der Waals surface area contributed by atoms with Gasteiger partial charge in [0.15, 0.2) is 6.61 Å². The lowest BCUT2D eigenvalue weighted by molar-refractivity contribution is -0.148. The van der Waals surface area contributed by atoms with Gasteiger partial charge in [0.05, 0.1) is 4.90 Å². The van der Waals surface area contributed by atoms with Crippen LogP contribution in [0.5, 0.6) is 0 Å². The molecule has 10 nitrogen and oxygen atoms in total. The molecule has 12 heteroatoms. The number of esters is 1. The van der Waals surface area contributed by atoms with Crippen LogP contribution in [-0.2, 0) is 29.1 Å². The van der Waals surface area contributed by atoms with Crippen molar-refractivity contribution >= 4 is 39.3 Å². The minimum Gasteiger partial charge on any atom is -0.454 e. The molecule has 0 spiro atoms. The number of fused-ring (bicyclic) bond motifs is 1. The first kappa shape index (κ1) is 23.9. The normalized spacial score (nSPS) is 15.9. The zero-order chi connectivity index (χ0) is 24.2. The summed E-state index contributed by atoms with van der Waals surface area (Å²) in [6, 6.07) is 10.0. The number of benzene rings is 2. The Bertz CT molecular complexity index is 1210. The van der Waals surface area contributed by atoms with E-state index in [9.17, 15) is 27.2 Å². The van der Waals surface area contributed by atoms with Crippen molar-refractivity contribution in [3.05, 3.63) is 59.9 Å². The number of amidine groups is 1. The zero-order valence-corrected chi connectivity index (χ0v) is 18.3. The van der Waals surface area contributed by atoms with Gasteiger partial charge in [-0.05, 0) is 43.3 Å². The summed E-state index contributed by atoms with van der Waals surface area (Å²) >= 11 is 0.